The molecule has 0 bridgehead atoms. The van der Waals surface area contributed by atoms with Gasteiger partial charge in [-0.2, -0.15) is 0 Å². The number of hydrogen-bond donors (Lipinski definition) is 2. The molecule has 1 aromatic carbocycles. The summed E-state index contributed by atoms with van der Waals surface area (Å²) in [4.78, 5) is 0. The highest BCUT2D eigenvalue weighted by molar-refractivity contribution is 6.32. The molecule has 3 N–H and O–H groups in total. The summed E-state index contributed by atoms with van der Waals surface area (Å²) in [7, 11) is 0. The maximum absolute atomic E-state index is 13.8. The van der Waals surface area contributed by atoms with Gasteiger partial charge in [0.15, 0.2) is 11.6 Å². The minimum absolute atomic E-state index is 0. The third-order valence-corrected chi connectivity index (χ3v) is 3.45. The van der Waals surface area contributed by atoms with Gasteiger partial charge in [0, 0.05) is 0 Å². The molecule has 0 spiro atoms. The van der Waals surface area contributed by atoms with Gasteiger partial charge in [-0.3, -0.25) is 0 Å². The lowest BCUT2D eigenvalue weighted by molar-refractivity contribution is 0.122. The van der Waals surface area contributed by atoms with Gasteiger partial charge >= 0.3 is 0 Å². The van der Waals surface area contributed by atoms with Crippen molar-refractivity contribution >= 4 is 24.0 Å². The van der Waals surface area contributed by atoms with Crippen molar-refractivity contribution in [3.63, 3.8) is 0 Å². The maximum atomic E-state index is 13.8. The molecule has 0 saturated heterocycles. The summed E-state index contributed by atoms with van der Waals surface area (Å²) in [6.07, 6.45) is 1.31. The number of benzene rings is 1. The monoisotopic (exact) mass is 309 g/mol. The zero-order valence-electron chi connectivity index (χ0n) is 10.6. The Kier molecular flexibility index (Phi) is 5.86. The molecule has 1 aliphatic carbocycles. The Bertz CT molecular complexity index is 418. The van der Waals surface area contributed by atoms with Gasteiger partial charge in [0.05, 0.1) is 23.8 Å². The molecule has 0 unspecified atom stereocenters. The summed E-state index contributed by atoms with van der Waals surface area (Å²) < 4.78 is 18.9. The van der Waals surface area contributed by atoms with Gasteiger partial charge in [-0.15, -0.1) is 12.4 Å². The van der Waals surface area contributed by atoms with Crippen LogP contribution in [0.25, 0.3) is 0 Å². The van der Waals surface area contributed by atoms with Crippen molar-refractivity contribution in [2.24, 2.45) is 11.7 Å². The summed E-state index contributed by atoms with van der Waals surface area (Å²) in [5, 5.41) is 10.1. The van der Waals surface area contributed by atoms with Crippen LogP contribution in [0, 0.1) is 11.7 Å². The van der Waals surface area contributed by atoms with E-state index in [1.165, 1.54) is 6.07 Å². The van der Waals surface area contributed by atoms with E-state index in [0.29, 0.717) is 12.2 Å². The topological polar surface area (TPSA) is 55.5 Å². The fraction of sp³-hybridized carbons (Fsp3) is 0.538. The van der Waals surface area contributed by atoms with Crippen molar-refractivity contribution in [2.45, 2.75) is 31.9 Å². The number of aliphatic hydroxyl groups is 1. The van der Waals surface area contributed by atoms with Crippen molar-refractivity contribution in [1.29, 1.82) is 0 Å². The lowest BCUT2D eigenvalue weighted by Crippen LogP contribution is -2.28. The lowest BCUT2D eigenvalue weighted by Gasteiger charge is -2.20. The maximum Gasteiger partial charge on any atom is 0.173 e. The predicted octanol–water partition coefficient (Wildman–Crippen LogP) is 3.07. The first-order chi connectivity index (χ1) is 8.54. The molecule has 1 saturated carbocycles. The summed E-state index contributed by atoms with van der Waals surface area (Å²) in [6, 6.07) is 2.24. The smallest absolute Gasteiger partial charge is 0.173 e. The minimum atomic E-state index is -0.640. The SMILES string of the molecule is CCOc1c(F)cc([C@H](N)[C@H](O)C2CC2)cc1Cl.Cl. The molecule has 1 aliphatic rings. The normalized spacial score (nSPS) is 17.5. The highest BCUT2D eigenvalue weighted by Crippen LogP contribution is 2.39. The van der Waals surface area contributed by atoms with E-state index in [4.69, 9.17) is 22.1 Å². The molecule has 3 nitrogen and oxygen atoms in total. The first-order valence-electron chi connectivity index (χ1n) is 6.10. The molecule has 2 rings (SSSR count). The lowest BCUT2D eigenvalue weighted by atomic mass is 9.99. The summed E-state index contributed by atoms with van der Waals surface area (Å²) in [6.45, 7) is 2.10. The minimum Gasteiger partial charge on any atom is -0.489 e. The van der Waals surface area contributed by atoms with E-state index < -0.39 is 18.0 Å². The van der Waals surface area contributed by atoms with Gasteiger partial charge in [-0.05, 0) is 43.4 Å². The molecule has 6 heteroatoms. The third-order valence-electron chi connectivity index (χ3n) is 3.17. The van der Waals surface area contributed by atoms with Crippen LogP contribution in [0.3, 0.4) is 0 Å². The number of ether oxygens (including phenoxy) is 1. The summed E-state index contributed by atoms with van der Waals surface area (Å²) in [5.41, 5.74) is 6.43. The van der Waals surface area contributed by atoms with Crippen LogP contribution in [0.15, 0.2) is 12.1 Å². The zero-order chi connectivity index (χ0) is 13.3. The van der Waals surface area contributed by atoms with Crippen LogP contribution in [0.4, 0.5) is 4.39 Å². The van der Waals surface area contributed by atoms with Crippen molar-refractivity contribution < 1.29 is 14.2 Å². The molecule has 108 valence electrons. The molecule has 0 aromatic heterocycles. The Balaban J connectivity index is 0.00000180. The first kappa shape index (κ1) is 16.5. The average Bonchev–Trinajstić information content (AvgIpc) is 3.15. The predicted molar refractivity (Wildman–Crippen MR) is 75.5 cm³/mol. The number of aliphatic hydroxyl groups excluding tert-OH is 1. The molecule has 1 aromatic rings. The Labute approximate surface area is 123 Å². The second-order valence-electron chi connectivity index (χ2n) is 4.60. The van der Waals surface area contributed by atoms with Crippen LogP contribution in [-0.4, -0.2) is 17.8 Å². The summed E-state index contributed by atoms with van der Waals surface area (Å²) >= 11 is 5.96. The Morgan fingerprint density at radius 3 is 2.63 bits per heavy atom. The molecule has 1 fully saturated rings. The van der Waals surface area contributed by atoms with Crippen LogP contribution in [0.2, 0.25) is 5.02 Å². The molecule has 0 aliphatic heterocycles. The Morgan fingerprint density at radius 1 is 1.53 bits per heavy atom. The molecule has 0 heterocycles. The number of halogens is 3. The number of nitrogens with two attached hydrogens (primary N) is 1. The van der Waals surface area contributed by atoms with Crippen LogP contribution >= 0.6 is 24.0 Å². The van der Waals surface area contributed by atoms with Gasteiger partial charge < -0.3 is 15.6 Å². The molecular weight excluding hydrogens is 292 g/mol. The van der Waals surface area contributed by atoms with E-state index in [9.17, 15) is 9.50 Å². The zero-order valence-corrected chi connectivity index (χ0v) is 12.2. The second-order valence-corrected chi connectivity index (χ2v) is 5.01. The van der Waals surface area contributed by atoms with Gasteiger partial charge in [0.25, 0.3) is 0 Å². The van der Waals surface area contributed by atoms with Crippen LogP contribution < -0.4 is 10.5 Å². The quantitative estimate of drug-likeness (QED) is 0.879. The third kappa shape index (κ3) is 3.72. The fourth-order valence-electron chi connectivity index (χ4n) is 1.98. The van der Waals surface area contributed by atoms with Crippen molar-refractivity contribution in [2.75, 3.05) is 6.61 Å². The van der Waals surface area contributed by atoms with Crippen LogP contribution in [0.5, 0.6) is 5.75 Å². The molecule has 0 radical (unpaired) electrons. The van der Waals surface area contributed by atoms with E-state index in [0.717, 1.165) is 12.8 Å². The van der Waals surface area contributed by atoms with Gasteiger partial charge in [-0.1, -0.05) is 11.6 Å². The molecule has 19 heavy (non-hydrogen) atoms. The van der Waals surface area contributed by atoms with Crippen LogP contribution in [-0.2, 0) is 0 Å². The first-order valence-corrected chi connectivity index (χ1v) is 6.47. The highest BCUT2D eigenvalue weighted by atomic mass is 35.5. The standard InChI is InChI=1S/C13H17ClFNO2.ClH/c1-2-18-13-9(14)5-8(6-10(13)15)11(16)12(17)7-3-4-7;/h5-7,11-12,17H,2-4,16H2,1H3;1H/t11-,12+;/m0./s1. The Morgan fingerprint density at radius 2 is 2.16 bits per heavy atom. The Hall–Kier alpha value is -0.550. The van der Waals surface area contributed by atoms with Crippen molar-refractivity contribution in [3.8, 4) is 5.75 Å². The van der Waals surface area contributed by atoms with Crippen LogP contribution in [0.1, 0.15) is 31.4 Å². The number of rotatable bonds is 5. The fourth-order valence-corrected chi connectivity index (χ4v) is 2.25. The molecular formula is C13H18Cl2FNO2. The summed E-state index contributed by atoms with van der Waals surface area (Å²) in [5.74, 6) is -0.276. The molecule has 0 amide bonds. The largest absolute Gasteiger partial charge is 0.489 e. The van der Waals surface area contributed by atoms with Crippen molar-refractivity contribution in [3.05, 3.63) is 28.5 Å². The van der Waals surface area contributed by atoms with Gasteiger partial charge in [0.2, 0.25) is 0 Å². The molecule has 2 atom stereocenters. The van der Waals surface area contributed by atoms with E-state index in [1.54, 1.807) is 13.0 Å². The van der Waals surface area contributed by atoms with Gasteiger partial charge in [0.1, 0.15) is 0 Å². The van der Waals surface area contributed by atoms with E-state index in [1.807, 2.05) is 0 Å². The van der Waals surface area contributed by atoms with E-state index in [-0.39, 0.29) is 29.1 Å². The number of hydrogen-bond acceptors (Lipinski definition) is 3. The average molecular weight is 310 g/mol. The van der Waals surface area contributed by atoms with E-state index >= 15 is 0 Å². The van der Waals surface area contributed by atoms with Gasteiger partial charge in [-0.25, -0.2) is 4.39 Å². The second kappa shape index (κ2) is 6.75. The van der Waals surface area contributed by atoms with E-state index in [2.05, 4.69) is 0 Å². The highest BCUT2D eigenvalue weighted by Gasteiger charge is 2.34. The van der Waals surface area contributed by atoms with Crippen molar-refractivity contribution in [1.82, 2.24) is 0 Å².